The van der Waals surface area contributed by atoms with Gasteiger partial charge in [-0.05, 0) is 36.8 Å². The van der Waals surface area contributed by atoms with Gasteiger partial charge in [0.1, 0.15) is 12.9 Å². The lowest BCUT2D eigenvalue weighted by atomic mass is 10.2. The average Bonchev–Trinajstić information content (AvgIpc) is 3.12. The minimum atomic E-state index is -0.447. The Bertz CT molecular complexity index is 1230. The maximum Gasteiger partial charge on any atom is 0.284 e. The Morgan fingerprint density at radius 2 is 1.96 bits per heavy atom. The molecule has 2 aromatic heterocycles. The molecular weight excluding hydrogens is 380 g/mol. The minimum absolute atomic E-state index is 0.0757. The van der Waals surface area contributed by atoms with Crippen molar-refractivity contribution in [2.45, 2.75) is 13.5 Å². The largest absolute Gasteiger partial charge is 0.325 e. The third-order valence-electron chi connectivity index (χ3n) is 4.20. The number of rotatable bonds is 4. The van der Waals surface area contributed by atoms with Gasteiger partial charge in [0.05, 0.1) is 5.69 Å². The molecule has 4 rings (SSSR count). The summed E-state index contributed by atoms with van der Waals surface area (Å²) in [6, 6.07) is 14.4. The van der Waals surface area contributed by atoms with Crippen LogP contribution in [0.5, 0.6) is 0 Å². The molecule has 0 aliphatic heterocycles. The molecule has 0 radical (unpaired) electrons. The second-order valence-corrected chi connectivity index (χ2v) is 6.61. The molecule has 0 atom stereocenters. The second-order valence-electron chi connectivity index (χ2n) is 6.20. The number of fused-ring (bicyclic) bond motifs is 1. The van der Waals surface area contributed by atoms with Crippen molar-refractivity contribution in [1.29, 1.82) is 0 Å². The van der Waals surface area contributed by atoms with E-state index in [9.17, 15) is 9.59 Å². The summed E-state index contributed by atoms with van der Waals surface area (Å²) in [5.41, 5.74) is 2.14. The number of hydrogen-bond donors (Lipinski definition) is 1. The van der Waals surface area contributed by atoms with Crippen molar-refractivity contribution in [3.8, 4) is 5.69 Å². The van der Waals surface area contributed by atoms with Gasteiger partial charge >= 0.3 is 0 Å². The Morgan fingerprint density at radius 1 is 1.18 bits per heavy atom. The molecule has 0 aliphatic rings. The summed E-state index contributed by atoms with van der Waals surface area (Å²) in [5.74, 6) is -0.341. The summed E-state index contributed by atoms with van der Waals surface area (Å²) in [6.45, 7) is 1.71. The molecule has 28 heavy (non-hydrogen) atoms. The van der Waals surface area contributed by atoms with Crippen LogP contribution in [0.1, 0.15) is 5.56 Å². The van der Waals surface area contributed by atoms with E-state index >= 15 is 0 Å². The van der Waals surface area contributed by atoms with Crippen LogP contribution in [-0.4, -0.2) is 30.5 Å². The number of para-hydroxylation sites is 1. The zero-order chi connectivity index (χ0) is 19.7. The monoisotopic (exact) mass is 394 g/mol. The summed E-state index contributed by atoms with van der Waals surface area (Å²) in [6.07, 6.45) is 1.31. The van der Waals surface area contributed by atoms with Gasteiger partial charge in [-0.1, -0.05) is 41.1 Å². The highest BCUT2D eigenvalue weighted by molar-refractivity contribution is 6.31. The summed E-state index contributed by atoms with van der Waals surface area (Å²) < 4.78 is 2.64. The van der Waals surface area contributed by atoms with Crippen molar-refractivity contribution in [2.24, 2.45) is 0 Å². The molecule has 2 heterocycles. The van der Waals surface area contributed by atoms with Gasteiger partial charge in [0, 0.05) is 10.7 Å². The molecule has 4 aromatic rings. The van der Waals surface area contributed by atoms with Crippen molar-refractivity contribution in [3.05, 3.63) is 75.8 Å². The first-order valence-electron chi connectivity index (χ1n) is 8.45. The van der Waals surface area contributed by atoms with Crippen molar-refractivity contribution < 1.29 is 4.79 Å². The van der Waals surface area contributed by atoms with Crippen LogP contribution in [-0.2, 0) is 11.3 Å². The van der Waals surface area contributed by atoms with Gasteiger partial charge in [0.2, 0.25) is 5.91 Å². The fourth-order valence-electron chi connectivity index (χ4n) is 2.72. The molecule has 0 saturated carbocycles. The zero-order valence-electron chi connectivity index (χ0n) is 14.8. The molecule has 0 fully saturated rings. The number of nitrogens with zero attached hydrogens (tertiary/aromatic N) is 5. The van der Waals surface area contributed by atoms with E-state index < -0.39 is 5.56 Å². The third-order valence-corrected chi connectivity index (χ3v) is 4.61. The van der Waals surface area contributed by atoms with E-state index in [2.05, 4.69) is 20.6 Å². The highest BCUT2D eigenvalue weighted by Crippen LogP contribution is 2.20. The molecule has 0 saturated heterocycles. The van der Waals surface area contributed by atoms with Crippen molar-refractivity contribution in [3.63, 3.8) is 0 Å². The first-order valence-corrected chi connectivity index (χ1v) is 8.83. The molecule has 9 heteroatoms. The quantitative estimate of drug-likeness (QED) is 0.574. The van der Waals surface area contributed by atoms with Crippen LogP contribution < -0.4 is 10.9 Å². The third kappa shape index (κ3) is 3.37. The summed E-state index contributed by atoms with van der Waals surface area (Å²) in [5, 5.41) is 11.3. The number of carbonyl (C=O) groups is 1. The Kier molecular flexibility index (Phi) is 4.62. The average molecular weight is 395 g/mol. The summed E-state index contributed by atoms with van der Waals surface area (Å²) >= 11 is 6.17. The lowest BCUT2D eigenvalue weighted by Gasteiger charge is -2.07. The fraction of sp³-hybridized carbons (Fsp3) is 0.105. The van der Waals surface area contributed by atoms with E-state index in [1.807, 2.05) is 37.3 Å². The first-order chi connectivity index (χ1) is 13.5. The number of carbonyl (C=O) groups excluding carboxylic acids is 1. The molecule has 0 aliphatic carbocycles. The minimum Gasteiger partial charge on any atom is -0.325 e. The molecule has 0 bridgehead atoms. The van der Waals surface area contributed by atoms with Crippen molar-refractivity contribution in [2.75, 3.05) is 5.32 Å². The Labute approximate surface area is 164 Å². The number of nitrogens with one attached hydrogen (secondary N) is 1. The normalized spacial score (nSPS) is 10.9. The van der Waals surface area contributed by atoms with E-state index in [4.69, 9.17) is 11.6 Å². The van der Waals surface area contributed by atoms with Crippen molar-refractivity contribution >= 4 is 34.4 Å². The highest BCUT2D eigenvalue weighted by Gasteiger charge is 2.15. The molecular formula is C19H15ClN6O2. The molecule has 2 aromatic carbocycles. The lowest BCUT2D eigenvalue weighted by molar-refractivity contribution is -0.116. The molecule has 0 unspecified atom stereocenters. The van der Waals surface area contributed by atoms with E-state index in [0.717, 1.165) is 5.56 Å². The van der Waals surface area contributed by atoms with E-state index in [1.54, 1.807) is 18.2 Å². The maximum absolute atomic E-state index is 12.7. The van der Waals surface area contributed by atoms with Crippen LogP contribution in [0.15, 0.2) is 59.7 Å². The highest BCUT2D eigenvalue weighted by atomic mass is 35.5. The summed E-state index contributed by atoms with van der Waals surface area (Å²) in [4.78, 5) is 29.2. The van der Waals surface area contributed by atoms with E-state index in [1.165, 1.54) is 15.6 Å². The van der Waals surface area contributed by atoms with Gasteiger partial charge in [0.15, 0.2) is 11.2 Å². The van der Waals surface area contributed by atoms with Gasteiger partial charge in [0.25, 0.3) is 5.56 Å². The predicted octanol–water partition coefficient (Wildman–Crippen LogP) is 2.58. The van der Waals surface area contributed by atoms with Gasteiger partial charge in [-0.3, -0.25) is 14.2 Å². The number of benzene rings is 2. The van der Waals surface area contributed by atoms with Gasteiger partial charge in [-0.25, -0.2) is 4.98 Å². The Morgan fingerprint density at radius 3 is 2.71 bits per heavy atom. The van der Waals surface area contributed by atoms with Crippen molar-refractivity contribution in [1.82, 2.24) is 24.5 Å². The standard InChI is InChI=1S/C19H15ClN6O2/c1-12-7-8-14(9-15(12)20)26-18-17(23-24-26)19(28)25(11-21-18)10-16(27)22-13-5-3-2-4-6-13/h2-9,11H,10H2,1H3,(H,22,27). The van der Waals surface area contributed by atoms with Crippen LogP contribution in [0, 0.1) is 6.92 Å². The van der Waals surface area contributed by atoms with Crippen LogP contribution in [0.4, 0.5) is 5.69 Å². The second kappa shape index (κ2) is 7.24. The van der Waals surface area contributed by atoms with E-state index in [0.29, 0.717) is 22.0 Å². The van der Waals surface area contributed by atoms with E-state index in [-0.39, 0.29) is 18.0 Å². The number of aryl methyl sites for hydroxylation is 1. The van der Waals surface area contributed by atoms with Crippen LogP contribution in [0.3, 0.4) is 0 Å². The Hall–Kier alpha value is -3.52. The molecule has 0 spiro atoms. The van der Waals surface area contributed by atoms with Gasteiger partial charge in [-0.2, -0.15) is 4.68 Å². The maximum atomic E-state index is 12.7. The molecule has 1 amide bonds. The Balaban J connectivity index is 1.64. The number of anilines is 1. The van der Waals surface area contributed by atoms with Crippen LogP contribution in [0.2, 0.25) is 5.02 Å². The first kappa shape index (κ1) is 17.9. The SMILES string of the molecule is Cc1ccc(-n2nnc3c(=O)n(CC(=O)Nc4ccccc4)cnc32)cc1Cl. The number of amides is 1. The topological polar surface area (TPSA) is 94.7 Å². The molecule has 8 nitrogen and oxygen atoms in total. The molecule has 140 valence electrons. The predicted molar refractivity (Wildman–Crippen MR) is 106 cm³/mol. The number of hydrogen-bond acceptors (Lipinski definition) is 5. The zero-order valence-corrected chi connectivity index (χ0v) is 15.6. The summed E-state index contributed by atoms with van der Waals surface area (Å²) in [7, 11) is 0. The van der Waals surface area contributed by atoms with Crippen LogP contribution >= 0.6 is 11.6 Å². The molecule has 1 N–H and O–H groups in total. The van der Waals surface area contributed by atoms with Gasteiger partial charge in [-0.15, -0.1) is 5.10 Å². The lowest BCUT2D eigenvalue weighted by Crippen LogP contribution is -2.28. The van der Waals surface area contributed by atoms with Crippen LogP contribution in [0.25, 0.3) is 16.9 Å². The number of halogens is 1. The smallest absolute Gasteiger partial charge is 0.284 e. The van der Waals surface area contributed by atoms with Gasteiger partial charge < -0.3 is 5.32 Å². The fourth-order valence-corrected chi connectivity index (χ4v) is 2.90. The number of aromatic nitrogens is 5.